The van der Waals surface area contributed by atoms with Gasteiger partial charge in [-0.3, -0.25) is 4.79 Å². The zero-order valence-electron chi connectivity index (χ0n) is 37.7. The van der Waals surface area contributed by atoms with E-state index in [1.165, 1.54) is 114 Å². The molecule has 9 rings (SSSR count). The van der Waals surface area contributed by atoms with E-state index >= 15 is 0 Å². The largest absolute Gasteiger partial charge is 0.481 e. The van der Waals surface area contributed by atoms with Crippen LogP contribution in [0.15, 0.2) is 24.3 Å². The van der Waals surface area contributed by atoms with E-state index in [9.17, 15) is 15.0 Å². The van der Waals surface area contributed by atoms with Gasteiger partial charge in [-0.15, -0.1) is 0 Å². The fourth-order valence-electron chi connectivity index (χ4n) is 18.6. The Morgan fingerprint density at radius 3 is 2.29 bits per heavy atom. The van der Waals surface area contributed by atoms with Gasteiger partial charge in [0.2, 0.25) is 0 Å². The molecule has 1 aromatic carbocycles. The first kappa shape index (κ1) is 41.9. The van der Waals surface area contributed by atoms with E-state index in [4.69, 9.17) is 9.47 Å². The third-order valence-corrected chi connectivity index (χ3v) is 21.3. The number of fused-ring (bicyclic) bond motifs is 5. The maximum Gasteiger partial charge on any atom is 0.309 e. The lowest BCUT2D eigenvalue weighted by atomic mass is 9.25. The zero-order chi connectivity index (χ0) is 40.8. The van der Waals surface area contributed by atoms with Gasteiger partial charge in [0.25, 0.3) is 0 Å². The Hall–Kier alpha value is -1.43. The van der Waals surface area contributed by atoms with Gasteiger partial charge in [-0.05, 0) is 165 Å². The number of aliphatic hydroxyl groups is 1. The highest BCUT2D eigenvalue weighted by atomic mass is 16.6. The highest BCUT2D eigenvalue weighted by Crippen LogP contribution is 2.84. The van der Waals surface area contributed by atoms with Crippen LogP contribution in [0.5, 0.6) is 0 Å². The second kappa shape index (κ2) is 15.1. The van der Waals surface area contributed by atoms with E-state index < -0.39 is 17.2 Å². The van der Waals surface area contributed by atoms with Crippen molar-refractivity contribution in [1.82, 2.24) is 0 Å². The van der Waals surface area contributed by atoms with Gasteiger partial charge in [0.05, 0.1) is 18.1 Å². The predicted octanol–water partition coefficient (Wildman–Crippen LogP) is 12.6. The van der Waals surface area contributed by atoms with Gasteiger partial charge < -0.3 is 19.7 Å². The summed E-state index contributed by atoms with van der Waals surface area (Å²) in [7, 11) is 1.78. The van der Waals surface area contributed by atoms with Crippen LogP contribution in [0.25, 0.3) is 0 Å². The molecule has 0 aromatic heterocycles. The minimum atomic E-state index is -1.02. The van der Waals surface area contributed by atoms with Crippen LogP contribution in [0.3, 0.4) is 0 Å². The summed E-state index contributed by atoms with van der Waals surface area (Å²) in [5.74, 6) is 2.41. The molecule has 0 amide bonds. The molecule has 1 heterocycles. The van der Waals surface area contributed by atoms with Crippen molar-refractivity contribution in [3.05, 3.63) is 35.4 Å². The molecule has 5 heteroatoms. The number of carboxylic acid groups (broad SMARTS) is 1. The number of benzene rings is 1. The molecule has 0 radical (unpaired) electrons. The summed E-state index contributed by atoms with van der Waals surface area (Å²) >= 11 is 0. The average Bonchev–Trinajstić information content (AvgIpc) is 3.76. The van der Waals surface area contributed by atoms with Crippen molar-refractivity contribution >= 4 is 5.97 Å². The van der Waals surface area contributed by atoms with E-state index in [1.54, 1.807) is 7.11 Å². The van der Waals surface area contributed by atoms with Crippen LogP contribution in [0.1, 0.15) is 187 Å². The fourth-order valence-corrected chi connectivity index (χ4v) is 18.6. The van der Waals surface area contributed by atoms with Crippen LogP contribution in [0, 0.1) is 73.9 Å². The number of aliphatic carboxylic acids is 1. The van der Waals surface area contributed by atoms with Gasteiger partial charge in [-0.1, -0.05) is 110 Å². The fraction of sp³-hybridized carbons (Fsp3) is 0.868. The number of ether oxygens (including phenoxy) is 2. The van der Waals surface area contributed by atoms with Crippen molar-refractivity contribution in [2.45, 2.75) is 201 Å². The zero-order valence-corrected chi connectivity index (χ0v) is 37.7. The highest BCUT2D eigenvalue weighted by Gasteiger charge is 2.81. The van der Waals surface area contributed by atoms with Crippen LogP contribution in [-0.2, 0) is 27.1 Å². The first-order valence-corrected chi connectivity index (χ1v) is 24.9. The van der Waals surface area contributed by atoms with Crippen molar-refractivity contribution in [2.75, 3.05) is 13.7 Å². The molecular weight excluding hydrogens is 717 g/mol. The molecule has 1 aromatic rings. The molecule has 2 N–H and O–H groups in total. The maximum absolute atomic E-state index is 13.2. The molecule has 1 spiro atoms. The number of carbonyl (C=O) groups is 1. The summed E-state index contributed by atoms with van der Waals surface area (Å²) in [5.41, 5.74) is 2.83. The lowest BCUT2D eigenvalue weighted by Crippen LogP contribution is -2.74. The summed E-state index contributed by atoms with van der Waals surface area (Å²) in [6.45, 7) is 13.4. The third-order valence-electron chi connectivity index (χ3n) is 21.3. The van der Waals surface area contributed by atoms with Crippen molar-refractivity contribution in [1.29, 1.82) is 0 Å². The molecule has 0 unspecified atom stereocenters. The summed E-state index contributed by atoms with van der Waals surface area (Å²) in [5, 5.41) is 23.6. The van der Waals surface area contributed by atoms with Gasteiger partial charge in [0.1, 0.15) is 0 Å². The molecule has 7 saturated carbocycles. The average molecular weight is 799 g/mol. The summed E-state index contributed by atoms with van der Waals surface area (Å²) in [6.07, 6.45) is 28.9. The monoisotopic (exact) mass is 799 g/mol. The molecule has 58 heavy (non-hydrogen) atoms. The number of hydrogen-bond donors (Lipinski definition) is 2. The minimum Gasteiger partial charge on any atom is -0.481 e. The van der Waals surface area contributed by atoms with Crippen LogP contribution in [-0.4, -0.2) is 41.8 Å². The molecule has 324 valence electrons. The van der Waals surface area contributed by atoms with Crippen molar-refractivity contribution in [3.8, 4) is 0 Å². The molecular formula is C53H82O5. The van der Waals surface area contributed by atoms with E-state index in [0.717, 1.165) is 63.9 Å². The number of carboxylic acids is 1. The van der Waals surface area contributed by atoms with E-state index in [1.807, 2.05) is 0 Å². The number of unbranched alkanes of at least 4 members (excludes halogenated alkanes) is 2. The molecule has 7 aliphatic carbocycles. The number of hydrogen-bond acceptors (Lipinski definition) is 4. The summed E-state index contributed by atoms with van der Waals surface area (Å²) in [4.78, 5) is 13.2. The topological polar surface area (TPSA) is 76.0 Å². The van der Waals surface area contributed by atoms with Gasteiger partial charge in [-0.25, -0.2) is 0 Å². The maximum atomic E-state index is 13.2. The van der Waals surface area contributed by atoms with Gasteiger partial charge in [0.15, 0.2) is 5.79 Å². The normalized spacial score (nSPS) is 47.9. The number of rotatable bonds is 14. The second-order valence-electron chi connectivity index (χ2n) is 23.6. The van der Waals surface area contributed by atoms with Crippen molar-refractivity contribution < 1.29 is 24.5 Å². The van der Waals surface area contributed by atoms with E-state index in [-0.39, 0.29) is 39.1 Å². The van der Waals surface area contributed by atoms with E-state index in [0.29, 0.717) is 29.6 Å². The Balaban J connectivity index is 1.09. The smallest absolute Gasteiger partial charge is 0.309 e. The Labute approximate surface area is 353 Å². The first-order chi connectivity index (χ1) is 27.7. The quantitative estimate of drug-likeness (QED) is 0.183. The molecule has 1 aliphatic heterocycles. The van der Waals surface area contributed by atoms with Gasteiger partial charge in [-0.2, -0.15) is 0 Å². The van der Waals surface area contributed by atoms with Crippen LogP contribution < -0.4 is 0 Å². The Morgan fingerprint density at radius 1 is 0.828 bits per heavy atom. The van der Waals surface area contributed by atoms with Gasteiger partial charge >= 0.3 is 5.97 Å². The molecule has 2 bridgehead atoms. The SMILES string of the molecule is CCC[C@H]1[C@]23CC[C@@H]4[C@@]5(C)[C@H](CC[C@@H](C[C@]1(O)O[C@@H]2Cc1ccc(CCOC)cc1)[C@@H]53)C[C@@]1(CCCCCC2CCCC2)[C@@H]2C[C@](C)(C(=O)O)CC[C@@]2(C)CC[C@@]41C. The lowest BCUT2D eigenvalue weighted by molar-refractivity contribution is -0.316. The number of methoxy groups -OCH3 is 1. The van der Waals surface area contributed by atoms with Crippen LogP contribution in [0.2, 0.25) is 0 Å². The van der Waals surface area contributed by atoms with Crippen molar-refractivity contribution in [2.24, 2.45) is 73.9 Å². The summed E-state index contributed by atoms with van der Waals surface area (Å²) in [6, 6.07) is 9.24. The third kappa shape index (κ3) is 6.15. The molecule has 14 atom stereocenters. The second-order valence-corrected chi connectivity index (χ2v) is 23.6. The molecule has 8 fully saturated rings. The first-order valence-electron chi connectivity index (χ1n) is 24.9. The molecule has 1 saturated heterocycles. The summed E-state index contributed by atoms with van der Waals surface area (Å²) < 4.78 is 12.6. The Bertz CT molecular complexity index is 1650. The predicted molar refractivity (Wildman–Crippen MR) is 232 cm³/mol. The van der Waals surface area contributed by atoms with Crippen molar-refractivity contribution in [3.63, 3.8) is 0 Å². The molecule has 5 nitrogen and oxygen atoms in total. The lowest BCUT2D eigenvalue weighted by Gasteiger charge is -2.79. The van der Waals surface area contributed by atoms with E-state index in [2.05, 4.69) is 58.9 Å². The standard InChI is InChI=1S/C53H82O5/c1-7-13-42-52-26-23-41-49(4)30-29-47(2)27-28-48(3,46(54)55)35-43(47)51(49,25-12-8-9-14-36-15-10-11-16-36)34-40-22-21-39(45(52)50(40,41)5)33-53(42,56)58-44(52)32-38-19-17-37(18-20-38)24-31-57-6/h17-20,36,39-45,56H,7-16,21-35H2,1-6H3,(H,54,55)/t39-,40+,41-,42-,43+,44+,45-,47-,48+,49-,50+,51-,52+,53-/m0/s1. The van der Waals surface area contributed by atoms with Gasteiger partial charge in [0, 0.05) is 24.9 Å². The van der Waals surface area contributed by atoms with Crippen LogP contribution >= 0.6 is 0 Å². The highest BCUT2D eigenvalue weighted by molar-refractivity contribution is 5.74. The Kier molecular flexibility index (Phi) is 10.9. The minimum absolute atomic E-state index is 0.0151. The molecule has 8 aliphatic rings. The Morgan fingerprint density at radius 2 is 1.57 bits per heavy atom. The van der Waals surface area contributed by atoms with Crippen LogP contribution in [0.4, 0.5) is 0 Å².